The van der Waals surface area contributed by atoms with Gasteiger partial charge in [-0.3, -0.25) is 23.4 Å². The molecule has 33 heavy (non-hydrogen) atoms. The van der Waals surface area contributed by atoms with E-state index in [1.54, 1.807) is 14.2 Å². The first-order valence-electron chi connectivity index (χ1n) is 10.5. The molecule has 1 aromatic carbocycles. The number of ether oxygens (including phenoxy) is 1. The standard InChI is InChI=1S/C20H29N5O3.CH4O3S/c1-22-18(15-19(26)23(2)20(22)27)21-9-6-10-24-11-13-25(14-12-24)16-7-4-5-8-17(16)28-3;1-5(2,3)4/h4-5,7-8,15,21H,6,9-14H2,1-3H3;1H3,(H,2,3,4). The molecule has 1 aliphatic heterocycles. The Hall–Kier alpha value is -2.83. The summed E-state index contributed by atoms with van der Waals surface area (Å²) >= 11 is 0. The number of hydrogen-bond donors (Lipinski definition) is 2. The third-order valence-electron chi connectivity index (χ3n) is 5.28. The third kappa shape index (κ3) is 8.22. The first-order valence-corrected chi connectivity index (χ1v) is 12.4. The van der Waals surface area contributed by atoms with Crippen molar-refractivity contribution in [3.05, 3.63) is 51.2 Å². The number of para-hydroxylation sites is 2. The second-order valence-electron chi connectivity index (χ2n) is 7.78. The number of rotatable bonds is 7. The van der Waals surface area contributed by atoms with E-state index in [-0.39, 0.29) is 11.2 Å². The van der Waals surface area contributed by atoms with Crippen molar-refractivity contribution in [1.29, 1.82) is 0 Å². The van der Waals surface area contributed by atoms with E-state index in [1.807, 2.05) is 18.2 Å². The van der Waals surface area contributed by atoms with Gasteiger partial charge in [0.1, 0.15) is 11.6 Å². The summed E-state index contributed by atoms with van der Waals surface area (Å²) in [5.74, 6) is 1.48. The zero-order valence-corrected chi connectivity index (χ0v) is 20.3. The molecule has 0 radical (unpaired) electrons. The number of hydrogen-bond acceptors (Lipinski definition) is 8. The van der Waals surface area contributed by atoms with E-state index in [2.05, 4.69) is 21.2 Å². The Morgan fingerprint density at radius 3 is 2.27 bits per heavy atom. The summed E-state index contributed by atoms with van der Waals surface area (Å²) < 4.78 is 33.9. The first-order chi connectivity index (χ1) is 15.5. The van der Waals surface area contributed by atoms with Crippen LogP contribution in [0.2, 0.25) is 0 Å². The molecule has 12 heteroatoms. The molecule has 1 fully saturated rings. The molecule has 1 saturated heterocycles. The van der Waals surface area contributed by atoms with Crippen LogP contribution in [0.3, 0.4) is 0 Å². The third-order valence-corrected chi connectivity index (χ3v) is 5.28. The van der Waals surface area contributed by atoms with E-state index in [0.29, 0.717) is 18.6 Å². The van der Waals surface area contributed by atoms with Gasteiger partial charge in [-0.1, -0.05) is 12.1 Å². The van der Waals surface area contributed by atoms with Crippen molar-refractivity contribution >= 4 is 21.6 Å². The molecule has 184 valence electrons. The lowest BCUT2D eigenvalue weighted by atomic mass is 10.2. The smallest absolute Gasteiger partial charge is 0.332 e. The number of anilines is 2. The Bertz CT molecular complexity index is 1130. The lowest BCUT2D eigenvalue weighted by Gasteiger charge is -2.36. The average molecular weight is 484 g/mol. The minimum Gasteiger partial charge on any atom is -0.495 e. The van der Waals surface area contributed by atoms with Crippen LogP contribution in [0.25, 0.3) is 0 Å². The van der Waals surface area contributed by atoms with Crippen LogP contribution < -0.4 is 26.2 Å². The SMILES string of the molecule is COc1ccccc1N1CCN(CCCNc2cc(=O)n(C)c(=O)n2C)CC1.CS(=O)(=O)O. The zero-order chi connectivity index (χ0) is 24.6. The highest BCUT2D eigenvalue weighted by Gasteiger charge is 2.19. The summed E-state index contributed by atoms with van der Waals surface area (Å²) in [6.45, 7) is 5.64. The maximum absolute atomic E-state index is 11.9. The number of piperazine rings is 1. The number of benzene rings is 1. The molecule has 0 unspecified atom stereocenters. The minimum absolute atomic E-state index is 0.293. The average Bonchev–Trinajstić information content (AvgIpc) is 2.77. The molecule has 1 aromatic heterocycles. The van der Waals surface area contributed by atoms with E-state index in [1.165, 1.54) is 17.7 Å². The number of methoxy groups -OCH3 is 1. The van der Waals surface area contributed by atoms with E-state index in [9.17, 15) is 18.0 Å². The molecule has 0 amide bonds. The summed E-state index contributed by atoms with van der Waals surface area (Å²) in [7, 11) is 1.20. The van der Waals surface area contributed by atoms with Gasteiger partial charge in [-0.25, -0.2) is 4.79 Å². The van der Waals surface area contributed by atoms with Crippen LogP contribution in [-0.4, -0.2) is 79.6 Å². The number of nitrogens with zero attached hydrogens (tertiary/aromatic N) is 4. The highest BCUT2D eigenvalue weighted by atomic mass is 32.2. The van der Waals surface area contributed by atoms with E-state index >= 15 is 0 Å². The molecular weight excluding hydrogens is 450 g/mol. The fourth-order valence-electron chi connectivity index (χ4n) is 3.53. The molecule has 0 bridgehead atoms. The fourth-order valence-corrected chi connectivity index (χ4v) is 3.53. The first kappa shape index (κ1) is 26.4. The van der Waals surface area contributed by atoms with Crippen molar-refractivity contribution in [3.8, 4) is 5.75 Å². The van der Waals surface area contributed by atoms with Gasteiger partial charge in [-0.05, 0) is 25.1 Å². The van der Waals surface area contributed by atoms with Crippen molar-refractivity contribution < 1.29 is 17.7 Å². The van der Waals surface area contributed by atoms with Gasteiger partial charge < -0.3 is 15.0 Å². The van der Waals surface area contributed by atoms with E-state index in [4.69, 9.17) is 9.29 Å². The summed E-state index contributed by atoms with van der Waals surface area (Å²) in [6.07, 6.45) is 1.66. The lowest BCUT2D eigenvalue weighted by Crippen LogP contribution is -2.47. The van der Waals surface area contributed by atoms with Gasteiger partial charge in [0.05, 0.1) is 19.1 Å². The molecule has 0 aliphatic carbocycles. The summed E-state index contributed by atoms with van der Waals surface area (Å²) in [6, 6.07) is 9.60. The van der Waals surface area contributed by atoms with Crippen molar-refractivity contribution in [3.63, 3.8) is 0 Å². The Morgan fingerprint density at radius 2 is 1.67 bits per heavy atom. The van der Waals surface area contributed by atoms with Crippen molar-refractivity contribution in [2.45, 2.75) is 6.42 Å². The fraction of sp³-hybridized carbons (Fsp3) is 0.524. The largest absolute Gasteiger partial charge is 0.495 e. The molecular formula is C21H33N5O6S. The van der Waals surface area contributed by atoms with Crippen molar-refractivity contribution in [2.24, 2.45) is 14.1 Å². The molecule has 3 rings (SSSR count). The zero-order valence-electron chi connectivity index (χ0n) is 19.5. The van der Waals surface area contributed by atoms with Gasteiger partial charge in [0, 0.05) is 52.9 Å². The summed E-state index contributed by atoms with van der Waals surface area (Å²) in [5.41, 5.74) is 0.540. The molecule has 0 spiro atoms. The maximum atomic E-state index is 11.9. The molecule has 2 N–H and O–H groups in total. The summed E-state index contributed by atoms with van der Waals surface area (Å²) in [5, 5.41) is 3.21. The van der Waals surface area contributed by atoms with Gasteiger partial charge in [0.25, 0.3) is 15.7 Å². The monoisotopic (exact) mass is 483 g/mol. The molecule has 11 nitrogen and oxygen atoms in total. The summed E-state index contributed by atoms with van der Waals surface area (Å²) in [4.78, 5) is 28.5. The molecule has 0 atom stereocenters. The molecule has 2 heterocycles. The Labute approximate surface area is 193 Å². The predicted molar refractivity (Wildman–Crippen MR) is 129 cm³/mol. The Morgan fingerprint density at radius 1 is 1.06 bits per heavy atom. The number of nitrogens with one attached hydrogen (secondary N) is 1. The quantitative estimate of drug-likeness (QED) is 0.420. The highest BCUT2D eigenvalue weighted by Crippen LogP contribution is 2.28. The van der Waals surface area contributed by atoms with Gasteiger partial charge in [0.2, 0.25) is 0 Å². The topological polar surface area (TPSA) is 126 Å². The van der Waals surface area contributed by atoms with Crippen molar-refractivity contribution in [2.75, 3.05) is 62.9 Å². The van der Waals surface area contributed by atoms with Crippen LogP contribution in [0.5, 0.6) is 5.75 Å². The maximum Gasteiger partial charge on any atom is 0.332 e. The van der Waals surface area contributed by atoms with Gasteiger partial charge in [0.15, 0.2) is 0 Å². The highest BCUT2D eigenvalue weighted by molar-refractivity contribution is 7.85. The van der Waals surface area contributed by atoms with Gasteiger partial charge in [-0.15, -0.1) is 0 Å². The normalized spacial score (nSPS) is 14.4. The number of aromatic nitrogens is 2. The molecule has 0 saturated carbocycles. The molecule has 1 aliphatic rings. The van der Waals surface area contributed by atoms with E-state index < -0.39 is 10.1 Å². The van der Waals surface area contributed by atoms with Crippen LogP contribution in [0.15, 0.2) is 39.9 Å². The Kier molecular flexibility index (Phi) is 9.50. The van der Waals surface area contributed by atoms with Gasteiger partial charge >= 0.3 is 5.69 Å². The molecule has 2 aromatic rings. The lowest BCUT2D eigenvalue weighted by molar-refractivity contribution is 0.256. The van der Waals surface area contributed by atoms with E-state index in [0.717, 1.165) is 55.1 Å². The second-order valence-corrected chi connectivity index (χ2v) is 9.25. The predicted octanol–water partition coefficient (Wildman–Crippen LogP) is 0.221. The minimum atomic E-state index is -3.67. The van der Waals surface area contributed by atoms with Crippen molar-refractivity contribution in [1.82, 2.24) is 14.0 Å². The van der Waals surface area contributed by atoms with Crippen LogP contribution in [0.4, 0.5) is 11.5 Å². The van der Waals surface area contributed by atoms with Gasteiger partial charge in [-0.2, -0.15) is 8.42 Å². The second kappa shape index (κ2) is 11.9. The van der Waals surface area contributed by atoms with Crippen LogP contribution in [0.1, 0.15) is 6.42 Å². The van der Waals surface area contributed by atoms with Crippen LogP contribution in [0, 0.1) is 0 Å². The Balaban J connectivity index is 0.000000696. The van der Waals surface area contributed by atoms with Crippen LogP contribution in [-0.2, 0) is 24.2 Å². The van der Waals surface area contributed by atoms with Crippen LogP contribution >= 0.6 is 0 Å².